The molecule has 0 N–H and O–H groups in total. The quantitative estimate of drug-likeness (QED) is 0.128. The van der Waals surface area contributed by atoms with Gasteiger partial charge in [0.2, 0.25) is 0 Å². The van der Waals surface area contributed by atoms with Crippen molar-refractivity contribution < 1.29 is 9.53 Å². The Kier molecular flexibility index (Phi) is 19.4. The predicted molar refractivity (Wildman–Crippen MR) is 119 cm³/mol. The van der Waals surface area contributed by atoms with Crippen molar-refractivity contribution >= 4 is 5.97 Å². The minimum Gasteiger partial charge on any atom is -0.465 e. The van der Waals surface area contributed by atoms with Gasteiger partial charge in [0.05, 0.1) is 12.5 Å². The van der Waals surface area contributed by atoms with E-state index in [2.05, 4.69) is 39.8 Å². The summed E-state index contributed by atoms with van der Waals surface area (Å²) in [4.78, 5) is 12.4. The molecule has 0 bridgehead atoms. The Morgan fingerprint density at radius 2 is 1.30 bits per heavy atom. The maximum Gasteiger partial charge on any atom is 0.312 e. The average molecular weight is 381 g/mol. The minimum absolute atomic E-state index is 0.0196. The third-order valence-electron chi connectivity index (χ3n) is 5.07. The van der Waals surface area contributed by atoms with Crippen molar-refractivity contribution in [2.45, 2.75) is 124 Å². The Hall–Kier alpha value is -0.790. The second kappa shape index (κ2) is 20.0. The van der Waals surface area contributed by atoms with Crippen LogP contribution in [-0.2, 0) is 9.53 Å². The highest BCUT2D eigenvalue weighted by Gasteiger charge is 2.17. The van der Waals surface area contributed by atoms with E-state index in [-0.39, 0.29) is 11.9 Å². The largest absolute Gasteiger partial charge is 0.465 e. The van der Waals surface area contributed by atoms with E-state index in [1.54, 1.807) is 0 Å². The van der Waals surface area contributed by atoms with Crippen LogP contribution >= 0.6 is 0 Å². The minimum atomic E-state index is -0.0421. The number of carbonyl (C=O) groups excluding carboxylic acids is 1. The molecule has 0 aromatic heterocycles. The standard InChI is InChI=1S/C25H48O2/c1-5-7-9-11-13-15-17-19-21-24(25(26)27-22-23(3)4)20-18-16-14-12-10-8-6-2/h18,20,23-24H,5-17,19,21-22H2,1-4H3/b20-18-. The molecule has 2 heteroatoms. The maximum atomic E-state index is 12.4. The Balaban J connectivity index is 4.11. The zero-order valence-electron chi connectivity index (χ0n) is 18.9. The molecular weight excluding hydrogens is 332 g/mol. The molecule has 0 aliphatic carbocycles. The van der Waals surface area contributed by atoms with Crippen LogP contribution in [0.4, 0.5) is 0 Å². The molecule has 0 radical (unpaired) electrons. The summed E-state index contributed by atoms with van der Waals surface area (Å²) in [5.74, 6) is 0.341. The van der Waals surface area contributed by atoms with Gasteiger partial charge in [0, 0.05) is 0 Å². The molecule has 0 fully saturated rings. The van der Waals surface area contributed by atoms with Crippen LogP contribution in [0, 0.1) is 11.8 Å². The van der Waals surface area contributed by atoms with Crippen molar-refractivity contribution in [1.82, 2.24) is 0 Å². The van der Waals surface area contributed by atoms with Crippen LogP contribution in [0.3, 0.4) is 0 Å². The van der Waals surface area contributed by atoms with Crippen LogP contribution in [0.25, 0.3) is 0 Å². The zero-order valence-corrected chi connectivity index (χ0v) is 18.9. The Bertz CT molecular complexity index is 346. The van der Waals surface area contributed by atoms with Gasteiger partial charge in [-0.25, -0.2) is 0 Å². The number of unbranched alkanes of at least 4 members (excludes halogenated alkanes) is 12. The van der Waals surface area contributed by atoms with Crippen molar-refractivity contribution in [1.29, 1.82) is 0 Å². The van der Waals surface area contributed by atoms with Crippen LogP contribution in [0.5, 0.6) is 0 Å². The second-order valence-corrected chi connectivity index (χ2v) is 8.52. The van der Waals surface area contributed by atoms with E-state index < -0.39 is 0 Å². The van der Waals surface area contributed by atoms with E-state index >= 15 is 0 Å². The SMILES string of the molecule is CCCCCCC/C=C\C(CCCCCCCCCC)C(=O)OCC(C)C. The van der Waals surface area contributed by atoms with Gasteiger partial charge in [-0.15, -0.1) is 0 Å². The lowest BCUT2D eigenvalue weighted by molar-refractivity contribution is -0.148. The van der Waals surface area contributed by atoms with E-state index in [1.165, 1.54) is 77.0 Å². The molecule has 0 spiro atoms. The van der Waals surface area contributed by atoms with Gasteiger partial charge in [0.15, 0.2) is 0 Å². The van der Waals surface area contributed by atoms with E-state index in [0.29, 0.717) is 12.5 Å². The predicted octanol–water partition coefficient (Wildman–Crippen LogP) is 8.25. The van der Waals surface area contributed by atoms with Gasteiger partial charge < -0.3 is 4.74 Å². The summed E-state index contributed by atoms with van der Waals surface area (Å²) >= 11 is 0. The van der Waals surface area contributed by atoms with Gasteiger partial charge in [0.25, 0.3) is 0 Å². The molecule has 2 nitrogen and oxygen atoms in total. The third kappa shape index (κ3) is 18.3. The van der Waals surface area contributed by atoms with Gasteiger partial charge in [-0.05, 0) is 25.2 Å². The Labute approximate surface area is 170 Å². The summed E-state index contributed by atoms with van der Waals surface area (Å²) in [6.07, 6.45) is 23.3. The highest BCUT2D eigenvalue weighted by atomic mass is 16.5. The summed E-state index contributed by atoms with van der Waals surface area (Å²) in [5.41, 5.74) is 0. The normalized spacial score (nSPS) is 12.8. The number of esters is 1. The van der Waals surface area contributed by atoms with Crippen LogP contribution < -0.4 is 0 Å². The maximum absolute atomic E-state index is 12.4. The highest BCUT2D eigenvalue weighted by Crippen LogP contribution is 2.17. The van der Waals surface area contributed by atoms with E-state index in [4.69, 9.17) is 4.74 Å². The van der Waals surface area contributed by atoms with Crippen LogP contribution in [-0.4, -0.2) is 12.6 Å². The fourth-order valence-electron chi connectivity index (χ4n) is 3.27. The lowest BCUT2D eigenvalue weighted by Gasteiger charge is -2.14. The fourth-order valence-corrected chi connectivity index (χ4v) is 3.27. The average Bonchev–Trinajstić information content (AvgIpc) is 2.65. The first kappa shape index (κ1) is 26.2. The fraction of sp³-hybridized carbons (Fsp3) is 0.880. The molecule has 0 saturated heterocycles. The van der Waals surface area contributed by atoms with Gasteiger partial charge in [-0.3, -0.25) is 4.79 Å². The molecule has 0 aromatic carbocycles. The molecule has 0 rings (SSSR count). The van der Waals surface area contributed by atoms with Crippen molar-refractivity contribution in [3.63, 3.8) is 0 Å². The van der Waals surface area contributed by atoms with Gasteiger partial charge in [-0.1, -0.05) is 117 Å². The highest BCUT2D eigenvalue weighted by molar-refractivity contribution is 5.74. The molecule has 0 saturated carbocycles. The van der Waals surface area contributed by atoms with E-state index in [9.17, 15) is 4.79 Å². The summed E-state index contributed by atoms with van der Waals surface area (Å²) in [7, 11) is 0. The van der Waals surface area contributed by atoms with Crippen molar-refractivity contribution in [3.05, 3.63) is 12.2 Å². The van der Waals surface area contributed by atoms with Crippen LogP contribution in [0.2, 0.25) is 0 Å². The van der Waals surface area contributed by atoms with Crippen LogP contribution in [0.15, 0.2) is 12.2 Å². The molecular formula is C25H48O2. The van der Waals surface area contributed by atoms with E-state index in [0.717, 1.165) is 19.3 Å². The topological polar surface area (TPSA) is 26.3 Å². The lowest BCUT2D eigenvalue weighted by Crippen LogP contribution is -2.18. The van der Waals surface area contributed by atoms with Gasteiger partial charge in [0.1, 0.15) is 0 Å². The summed E-state index contributed by atoms with van der Waals surface area (Å²) in [5, 5.41) is 0. The number of allylic oxidation sites excluding steroid dienone is 1. The third-order valence-corrected chi connectivity index (χ3v) is 5.07. The van der Waals surface area contributed by atoms with Crippen molar-refractivity contribution in [2.75, 3.05) is 6.61 Å². The van der Waals surface area contributed by atoms with E-state index in [1.807, 2.05) is 0 Å². The number of carbonyl (C=O) groups is 1. The Morgan fingerprint density at radius 3 is 1.85 bits per heavy atom. The molecule has 1 atom stereocenters. The Morgan fingerprint density at radius 1 is 0.778 bits per heavy atom. The summed E-state index contributed by atoms with van der Waals surface area (Å²) in [6.45, 7) is 9.23. The van der Waals surface area contributed by atoms with Crippen molar-refractivity contribution in [3.8, 4) is 0 Å². The lowest BCUT2D eigenvalue weighted by atomic mass is 9.98. The molecule has 0 heterocycles. The molecule has 160 valence electrons. The van der Waals surface area contributed by atoms with Gasteiger partial charge >= 0.3 is 5.97 Å². The monoisotopic (exact) mass is 380 g/mol. The molecule has 0 amide bonds. The first-order chi connectivity index (χ1) is 13.1. The zero-order chi connectivity index (χ0) is 20.2. The number of ether oxygens (including phenoxy) is 1. The molecule has 0 aliphatic heterocycles. The van der Waals surface area contributed by atoms with Gasteiger partial charge in [-0.2, -0.15) is 0 Å². The summed E-state index contributed by atoms with van der Waals surface area (Å²) in [6, 6.07) is 0. The molecule has 0 aromatic rings. The number of hydrogen-bond donors (Lipinski definition) is 0. The first-order valence-corrected chi connectivity index (χ1v) is 11.9. The smallest absolute Gasteiger partial charge is 0.312 e. The number of rotatable bonds is 19. The second-order valence-electron chi connectivity index (χ2n) is 8.52. The first-order valence-electron chi connectivity index (χ1n) is 11.9. The molecule has 1 unspecified atom stereocenters. The van der Waals surface area contributed by atoms with Crippen LogP contribution in [0.1, 0.15) is 124 Å². The van der Waals surface area contributed by atoms with Crippen molar-refractivity contribution in [2.24, 2.45) is 11.8 Å². The molecule has 27 heavy (non-hydrogen) atoms. The summed E-state index contributed by atoms with van der Waals surface area (Å²) < 4.78 is 5.51. The molecule has 0 aliphatic rings. The number of hydrogen-bond acceptors (Lipinski definition) is 2.